The van der Waals surface area contributed by atoms with Crippen LogP contribution in [0.5, 0.6) is 0 Å². The minimum atomic E-state index is 0.497. The second-order valence-electron chi connectivity index (χ2n) is 3.60. The Labute approximate surface area is 101 Å². The number of para-hydroxylation sites is 1. The van der Waals surface area contributed by atoms with Gasteiger partial charge in [0.2, 0.25) is 0 Å². The summed E-state index contributed by atoms with van der Waals surface area (Å²) in [5, 5.41) is 8.72. The third-order valence-electron chi connectivity index (χ3n) is 2.49. The van der Waals surface area contributed by atoms with E-state index in [9.17, 15) is 0 Å². The lowest BCUT2D eigenvalue weighted by atomic mass is 10.2. The molecule has 3 heteroatoms. The molecule has 0 saturated heterocycles. The maximum absolute atomic E-state index is 8.72. The van der Waals surface area contributed by atoms with Gasteiger partial charge < -0.3 is 4.90 Å². The van der Waals surface area contributed by atoms with Gasteiger partial charge in [0.25, 0.3) is 0 Å². The van der Waals surface area contributed by atoms with Crippen LogP contribution in [0.25, 0.3) is 0 Å². The lowest BCUT2D eigenvalue weighted by Gasteiger charge is -2.23. The first kappa shape index (κ1) is 11.2. The Morgan fingerprint density at radius 3 is 2.29 bits per heavy atom. The van der Waals surface area contributed by atoms with E-state index in [2.05, 4.69) is 16.0 Å². The van der Waals surface area contributed by atoms with E-state index >= 15 is 0 Å². The summed E-state index contributed by atoms with van der Waals surface area (Å²) in [6, 6.07) is 16.1. The van der Waals surface area contributed by atoms with Crippen LogP contribution >= 0.6 is 0 Å². The van der Waals surface area contributed by atoms with Gasteiger partial charge in [-0.25, -0.2) is 0 Å². The Morgan fingerprint density at radius 1 is 1.00 bits per heavy atom. The Balaban J connectivity index is 2.30. The Bertz CT molecular complexity index is 448. The lowest BCUT2D eigenvalue weighted by molar-refractivity contribution is 0.946. The number of aromatic nitrogens is 1. The molecule has 2 aromatic rings. The molecular weight excluding hydrogens is 210 g/mol. The van der Waals surface area contributed by atoms with Crippen molar-refractivity contribution in [2.45, 2.75) is 6.42 Å². The van der Waals surface area contributed by atoms with Gasteiger partial charge in [-0.1, -0.05) is 18.2 Å². The highest BCUT2D eigenvalue weighted by molar-refractivity contribution is 5.62. The standard InChI is InChI=1S/C14H13N3/c15-9-4-12-17(13-5-2-1-3-6-13)14-7-10-16-11-8-14/h1-3,5-8,10-11H,4,12H2. The predicted octanol–water partition coefficient (Wildman–Crippen LogP) is 3.13. The van der Waals surface area contributed by atoms with Crippen LogP contribution in [0.1, 0.15) is 6.42 Å². The fourth-order valence-electron chi connectivity index (χ4n) is 1.70. The van der Waals surface area contributed by atoms with Crippen LogP contribution in [0.2, 0.25) is 0 Å². The van der Waals surface area contributed by atoms with E-state index in [0.29, 0.717) is 13.0 Å². The number of pyridine rings is 1. The molecule has 0 bridgehead atoms. The number of nitriles is 1. The quantitative estimate of drug-likeness (QED) is 0.799. The first-order valence-electron chi connectivity index (χ1n) is 5.51. The minimum Gasteiger partial charge on any atom is -0.340 e. The number of rotatable bonds is 4. The molecule has 0 N–H and O–H groups in total. The Hall–Kier alpha value is -2.34. The summed E-state index contributed by atoms with van der Waals surface area (Å²) in [5.74, 6) is 0. The molecule has 0 fully saturated rings. The number of benzene rings is 1. The number of hydrogen-bond acceptors (Lipinski definition) is 3. The molecule has 17 heavy (non-hydrogen) atoms. The fourth-order valence-corrected chi connectivity index (χ4v) is 1.70. The molecule has 0 aliphatic heterocycles. The molecule has 2 rings (SSSR count). The van der Waals surface area contributed by atoms with Gasteiger partial charge in [-0.15, -0.1) is 0 Å². The van der Waals surface area contributed by atoms with Crippen molar-refractivity contribution >= 4 is 11.4 Å². The van der Waals surface area contributed by atoms with Crippen LogP contribution in [0, 0.1) is 11.3 Å². The third kappa shape index (κ3) is 2.82. The van der Waals surface area contributed by atoms with Crippen molar-refractivity contribution in [1.29, 1.82) is 5.26 Å². The fraction of sp³-hybridized carbons (Fsp3) is 0.143. The van der Waals surface area contributed by atoms with E-state index in [1.54, 1.807) is 12.4 Å². The number of nitrogens with zero attached hydrogens (tertiary/aromatic N) is 3. The Kier molecular flexibility index (Phi) is 3.72. The van der Waals surface area contributed by atoms with Gasteiger partial charge in [-0.3, -0.25) is 4.98 Å². The summed E-state index contributed by atoms with van der Waals surface area (Å²) in [5.41, 5.74) is 2.15. The summed E-state index contributed by atoms with van der Waals surface area (Å²) >= 11 is 0. The van der Waals surface area contributed by atoms with Crippen molar-refractivity contribution in [2.24, 2.45) is 0 Å². The lowest BCUT2D eigenvalue weighted by Crippen LogP contribution is -2.17. The average molecular weight is 223 g/mol. The van der Waals surface area contributed by atoms with Crippen LogP contribution in [0.15, 0.2) is 54.9 Å². The van der Waals surface area contributed by atoms with Gasteiger partial charge in [0.1, 0.15) is 0 Å². The molecule has 0 atom stereocenters. The highest BCUT2D eigenvalue weighted by Crippen LogP contribution is 2.24. The van der Waals surface area contributed by atoms with E-state index < -0.39 is 0 Å². The molecule has 0 saturated carbocycles. The monoisotopic (exact) mass is 223 g/mol. The zero-order valence-electron chi connectivity index (χ0n) is 9.45. The molecule has 0 aliphatic rings. The molecule has 0 spiro atoms. The van der Waals surface area contributed by atoms with Gasteiger partial charge in [-0.05, 0) is 24.3 Å². The van der Waals surface area contributed by atoms with Crippen molar-refractivity contribution in [2.75, 3.05) is 11.4 Å². The van der Waals surface area contributed by atoms with Gasteiger partial charge >= 0.3 is 0 Å². The summed E-state index contributed by atoms with van der Waals surface area (Å²) in [6.07, 6.45) is 4.02. The summed E-state index contributed by atoms with van der Waals surface area (Å²) in [7, 11) is 0. The van der Waals surface area contributed by atoms with Crippen LogP contribution in [0.3, 0.4) is 0 Å². The van der Waals surface area contributed by atoms with Crippen LogP contribution in [-0.2, 0) is 0 Å². The highest BCUT2D eigenvalue weighted by Gasteiger charge is 2.07. The molecule has 0 radical (unpaired) electrons. The van der Waals surface area contributed by atoms with Crippen molar-refractivity contribution in [3.63, 3.8) is 0 Å². The highest BCUT2D eigenvalue weighted by atomic mass is 15.1. The maximum Gasteiger partial charge on any atom is 0.0640 e. The van der Waals surface area contributed by atoms with Crippen molar-refractivity contribution in [3.8, 4) is 6.07 Å². The summed E-state index contributed by atoms with van der Waals surface area (Å²) < 4.78 is 0. The topological polar surface area (TPSA) is 39.9 Å². The molecule has 0 aliphatic carbocycles. The second-order valence-corrected chi connectivity index (χ2v) is 3.60. The first-order valence-corrected chi connectivity index (χ1v) is 5.51. The number of hydrogen-bond donors (Lipinski definition) is 0. The van der Waals surface area contributed by atoms with E-state index in [1.807, 2.05) is 42.5 Å². The smallest absolute Gasteiger partial charge is 0.0640 e. The van der Waals surface area contributed by atoms with Gasteiger partial charge in [0.05, 0.1) is 12.5 Å². The van der Waals surface area contributed by atoms with Crippen LogP contribution < -0.4 is 4.90 Å². The van der Waals surface area contributed by atoms with Gasteiger partial charge in [0.15, 0.2) is 0 Å². The van der Waals surface area contributed by atoms with Crippen molar-refractivity contribution in [3.05, 3.63) is 54.9 Å². The van der Waals surface area contributed by atoms with Gasteiger partial charge in [0, 0.05) is 30.3 Å². The Morgan fingerprint density at radius 2 is 1.65 bits per heavy atom. The van der Waals surface area contributed by atoms with E-state index in [0.717, 1.165) is 11.4 Å². The molecule has 1 aromatic carbocycles. The van der Waals surface area contributed by atoms with E-state index in [1.165, 1.54) is 0 Å². The van der Waals surface area contributed by atoms with Crippen LogP contribution in [0.4, 0.5) is 11.4 Å². The average Bonchev–Trinajstić information content (AvgIpc) is 2.42. The SMILES string of the molecule is N#CCCN(c1ccccc1)c1ccncc1. The largest absolute Gasteiger partial charge is 0.340 e. The molecule has 0 unspecified atom stereocenters. The zero-order valence-corrected chi connectivity index (χ0v) is 9.45. The molecular formula is C14H13N3. The zero-order chi connectivity index (χ0) is 11.9. The molecule has 1 aromatic heterocycles. The molecule has 84 valence electrons. The first-order chi connectivity index (χ1) is 8.42. The maximum atomic E-state index is 8.72. The normalized spacial score (nSPS) is 9.59. The van der Waals surface area contributed by atoms with Gasteiger partial charge in [-0.2, -0.15) is 5.26 Å². The third-order valence-corrected chi connectivity index (χ3v) is 2.49. The minimum absolute atomic E-state index is 0.497. The van der Waals surface area contributed by atoms with E-state index in [-0.39, 0.29) is 0 Å². The number of anilines is 2. The van der Waals surface area contributed by atoms with E-state index in [4.69, 9.17) is 5.26 Å². The summed E-state index contributed by atoms with van der Waals surface area (Å²) in [6.45, 7) is 0.685. The summed E-state index contributed by atoms with van der Waals surface area (Å²) in [4.78, 5) is 6.13. The molecule has 3 nitrogen and oxygen atoms in total. The van der Waals surface area contributed by atoms with Crippen LogP contribution in [-0.4, -0.2) is 11.5 Å². The predicted molar refractivity (Wildman–Crippen MR) is 67.9 cm³/mol. The van der Waals surface area contributed by atoms with Crippen molar-refractivity contribution in [1.82, 2.24) is 4.98 Å². The van der Waals surface area contributed by atoms with Crippen molar-refractivity contribution < 1.29 is 0 Å². The second kappa shape index (κ2) is 5.66. The molecule has 1 heterocycles. The molecule has 0 amide bonds.